The molecule has 0 bridgehead atoms. The van der Waals surface area contributed by atoms with Gasteiger partial charge in [0.05, 0.1) is 0 Å². The highest BCUT2D eigenvalue weighted by Gasteiger charge is 2.42. The Morgan fingerprint density at radius 3 is 2.42 bits per heavy atom. The van der Waals surface area contributed by atoms with E-state index in [1.807, 2.05) is 12.1 Å². The molecule has 1 fully saturated rings. The van der Waals surface area contributed by atoms with Gasteiger partial charge in [0.15, 0.2) is 0 Å². The molecule has 31 heavy (non-hydrogen) atoms. The number of aromatic nitrogens is 1. The number of benzene rings is 2. The van der Waals surface area contributed by atoms with Crippen LogP contribution in [0.5, 0.6) is 0 Å². The van der Waals surface area contributed by atoms with Crippen molar-refractivity contribution in [2.45, 2.75) is 18.0 Å². The average Bonchev–Trinajstić information content (AvgIpc) is 3.24. The van der Waals surface area contributed by atoms with E-state index in [2.05, 4.69) is 10.3 Å². The zero-order chi connectivity index (χ0) is 21.8. The Bertz CT molecular complexity index is 1060. The molecule has 2 heterocycles. The lowest BCUT2D eigenvalue weighted by molar-refractivity contribution is -0.125. The van der Waals surface area contributed by atoms with Crippen LogP contribution in [0.2, 0.25) is 5.02 Å². The predicted octanol–water partition coefficient (Wildman–Crippen LogP) is 4.45. The molecule has 2 amide bonds. The molecule has 1 aliphatic rings. The lowest BCUT2D eigenvalue weighted by atomic mass is 10.1. The van der Waals surface area contributed by atoms with Gasteiger partial charge >= 0.3 is 0 Å². The monoisotopic (exact) mass is 455 g/mol. The summed E-state index contributed by atoms with van der Waals surface area (Å²) < 4.78 is 13.4. The van der Waals surface area contributed by atoms with Crippen LogP contribution in [0.3, 0.4) is 0 Å². The minimum absolute atomic E-state index is 0.240. The average molecular weight is 456 g/mol. The van der Waals surface area contributed by atoms with E-state index in [0.29, 0.717) is 22.9 Å². The van der Waals surface area contributed by atoms with Gasteiger partial charge in [-0.05, 0) is 59.7 Å². The van der Waals surface area contributed by atoms with Crippen molar-refractivity contribution < 1.29 is 14.0 Å². The maximum Gasteiger partial charge on any atom is 0.255 e. The largest absolute Gasteiger partial charge is 0.350 e. The summed E-state index contributed by atoms with van der Waals surface area (Å²) in [6.07, 6.45) is 3.32. The number of nitrogens with one attached hydrogen (secondary N) is 1. The summed E-state index contributed by atoms with van der Waals surface area (Å²) in [7, 11) is 0. The van der Waals surface area contributed by atoms with E-state index in [0.717, 1.165) is 11.1 Å². The minimum atomic E-state index is -0.662. The van der Waals surface area contributed by atoms with Crippen LogP contribution in [0, 0.1) is 5.82 Å². The van der Waals surface area contributed by atoms with Gasteiger partial charge in [0, 0.05) is 35.3 Å². The van der Waals surface area contributed by atoms with E-state index in [-0.39, 0.29) is 17.6 Å². The molecule has 1 aromatic heterocycles. The summed E-state index contributed by atoms with van der Waals surface area (Å²) in [5.74, 6) is -0.436. The summed E-state index contributed by atoms with van der Waals surface area (Å²) >= 11 is 7.44. The summed E-state index contributed by atoms with van der Waals surface area (Å²) in [4.78, 5) is 32.0. The van der Waals surface area contributed by atoms with Gasteiger partial charge in [0.1, 0.15) is 17.2 Å². The number of hydrogen-bond acceptors (Lipinski definition) is 4. The smallest absolute Gasteiger partial charge is 0.255 e. The first-order valence-corrected chi connectivity index (χ1v) is 11.1. The van der Waals surface area contributed by atoms with E-state index < -0.39 is 11.4 Å². The first-order chi connectivity index (χ1) is 15.0. The molecule has 1 aliphatic heterocycles. The summed E-state index contributed by atoms with van der Waals surface area (Å²) in [6.45, 7) is 0.340. The quantitative estimate of drug-likeness (QED) is 0.617. The number of carbonyl (C=O) groups excluding carboxylic acids is 2. The fraction of sp³-hybridized carbons (Fsp3) is 0.174. The highest BCUT2D eigenvalue weighted by atomic mass is 35.5. The highest BCUT2D eigenvalue weighted by molar-refractivity contribution is 7.99. The van der Waals surface area contributed by atoms with Gasteiger partial charge in [-0.1, -0.05) is 23.7 Å². The van der Waals surface area contributed by atoms with Crippen LogP contribution in [0.1, 0.15) is 26.9 Å². The lowest BCUT2D eigenvalue weighted by Crippen LogP contribution is -2.47. The van der Waals surface area contributed by atoms with Crippen LogP contribution >= 0.6 is 23.4 Å². The number of rotatable bonds is 5. The Labute approximate surface area is 188 Å². The topological polar surface area (TPSA) is 62.3 Å². The Morgan fingerprint density at radius 2 is 1.74 bits per heavy atom. The summed E-state index contributed by atoms with van der Waals surface area (Å²) in [5, 5.41) is 3.03. The van der Waals surface area contributed by atoms with Crippen molar-refractivity contribution >= 4 is 35.2 Å². The lowest BCUT2D eigenvalue weighted by Gasteiger charge is -2.29. The fourth-order valence-corrected chi connectivity index (χ4v) is 4.95. The number of pyridine rings is 1. The van der Waals surface area contributed by atoms with Crippen LogP contribution in [-0.4, -0.2) is 33.5 Å². The van der Waals surface area contributed by atoms with Gasteiger partial charge in [-0.2, -0.15) is 0 Å². The first-order valence-electron chi connectivity index (χ1n) is 9.65. The number of halogens is 2. The van der Waals surface area contributed by atoms with Gasteiger partial charge in [-0.3, -0.25) is 14.6 Å². The van der Waals surface area contributed by atoms with Crippen LogP contribution < -0.4 is 5.32 Å². The van der Waals surface area contributed by atoms with E-state index in [9.17, 15) is 14.0 Å². The van der Waals surface area contributed by atoms with Crippen molar-refractivity contribution in [2.24, 2.45) is 0 Å². The fourth-order valence-electron chi connectivity index (χ4n) is 3.39. The van der Waals surface area contributed by atoms with Crippen LogP contribution in [-0.2, 0) is 11.3 Å². The van der Waals surface area contributed by atoms with Crippen LogP contribution in [0.4, 0.5) is 4.39 Å². The van der Waals surface area contributed by atoms with Crippen molar-refractivity contribution in [3.8, 4) is 0 Å². The third kappa shape index (κ3) is 4.89. The minimum Gasteiger partial charge on any atom is -0.350 e. The second kappa shape index (κ2) is 9.49. The van der Waals surface area contributed by atoms with E-state index in [4.69, 9.17) is 11.6 Å². The van der Waals surface area contributed by atoms with E-state index >= 15 is 0 Å². The SMILES string of the molecule is O=C(NCc1ccncc1)C1CSC(c2ccc(F)cc2)N1C(=O)c1ccc(Cl)cc1. The number of carbonyl (C=O) groups is 2. The molecule has 8 heteroatoms. The van der Waals surface area contributed by atoms with Gasteiger partial charge in [-0.25, -0.2) is 4.39 Å². The Balaban J connectivity index is 1.60. The van der Waals surface area contributed by atoms with Gasteiger partial charge < -0.3 is 10.2 Å². The van der Waals surface area contributed by atoms with Gasteiger partial charge in [0.25, 0.3) is 5.91 Å². The summed E-state index contributed by atoms with van der Waals surface area (Å²) in [6, 6.07) is 15.6. The number of amides is 2. The second-order valence-corrected chi connectivity index (χ2v) is 8.60. The highest BCUT2D eigenvalue weighted by Crippen LogP contribution is 2.42. The summed E-state index contributed by atoms with van der Waals surface area (Å²) in [5.41, 5.74) is 2.11. The Hall–Kier alpha value is -2.90. The molecule has 0 aliphatic carbocycles. The molecule has 158 valence electrons. The molecule has 3 aromatic rings. The van der Waals surface area contributed by atoms with Crippen molar-refractivity contribution in [3.63, 3.8) is 0 Å². The molecule has 2 atom stereocenters. The molecule has 1 saturated heterocycles. The molecule has 1 N–H and O–H groups in total. The standard InChI is InChI=1S/C23H19ClFN3O2S/c24-18-5-1-16(2-6-18)22(30)28-20(21(29)27-13-15-9-11-26-12-10-15)14-31-23(28)17-3-7-19(25)8-4-17/h1-12,20,23H,13-14H2,(H,27,29). The maximum atomic E-state index is 13.4. The third-order valence-corrected chi connectivity index (χ3v) is 6.58. The number of hydrogen-bond donors (Lipinski definition) is 1. The normalized spacial score (nSPS) is 18.1. The van der Waals surface area contributed by atoms with E-state index in [1.165, 1.54) is 23.9 Å². The van der Waals surface area contributed by atoms with Crippen molar-refractivity contribution in [2.75, 3.05) is 5.75 Å². The number of nitrogens with zero attached hydrogens (tertiary/aromatic N) is 2. The van der Waals surface area contributed by atoms with Crippen LogP contribution in [0.25, 0.3) is 0 Å². The Morgan fingerprint density at radius 1 is 1.06 bits per heavy atom. The molecule has 5 nitrogen and oxygen atoms in total. The van der Waals surface area contributed by atoms with E-state index in [1.54, 1.807) is 53.7 Å². The molecule has 4 rings (SSSR count). The first kappa shape index (κ1) is 21.3. The van der Waals surface area contributed by atoms with Gasteiger partial charge in [-0.15, -0.1) is 11.8 Å². The third-order valence-electron chi connectivity index (χ3n) is 5.00. The molecule has 0 radical (unpaired) electrons. The Kier molecular flexibility index (Phi) is 6.53. The molecular weight excluding hydrogens is 437 g/mol. The second-order valence-electron chi connectivity index (χ2n) is 7.05. The zero-order valence-corrected chi connectivity index (χ0v) is 17.9. The zero-order valence-electron chi connectivity index (χ0n) is 16.4. The van der Waals surface area contributed by atoms with Crippen molar-refractivity contribution in [1.29, 1.82) is 0 Å². The van der Waals surface area contributed by atoms with Gasteiger partial charge in [0.2, 0.25) is 5.91 Å². The van der Waals surface area contributed by atoms with Crippen molar-refractivity contribution in [1.82, 2.24) is 15.2 Å². The molecular formula is C23H19ClFN3O2S. The molecule has 0 saturated carbocycles. The maximum absolute atomic E-state index is 13.4. The molecule has 0 spiro atoms. The predicted molar refractivity (Wildman–Crippen MR) is 119 cm³/mol. The molecule has 2 aromatic carbocycles. The number of thioether (sulfide) groups is 1. The van der Waals surface area contributed by atoms with Crippen molar-refractivity contribution in [3.05, 3.63) is 101 Å². The molecule has 2 unspecified atom stereocenters. The van der Waals surface area contributed by atoms with Crippen LogP contribution in [0.15, 0.2) is 73.1 Å².